The maximum absolute atomic E-state index is 11.9. The predicted molar refractivity (Wildman–Crippen MR) is 68.3 cm³/mol. The van der Waals surface area contributed by atoms with Crippen LogP contribution in [0.2, 0.25) is 0 Å². The maximum atomic E-state index is 11.9. The Hall–Kier alpha value is -1.62. The van der Waals surface area contributed by atoms with Gasteiger partial charge in [-0.15, -0.1) is 0 Å². The van der Waals surface area contributed by atoms with Crippen molar-refractivity contribution in [2.75, 3.05) is 13.7 Å². The van der Waals surface area contributed by atoms with Gasteiger partial charge in [0.15, 0.2) is 0 Å². The van der Waals surface area contributed by atoms with Crippen molar-refractivity contribution in [3.8, 4) is 5.88 Å². The Kier molecular flexibility index (Phi) is 4.52. The molecular formula is C13H19N3O2. The smallest absolute Gasteiger partial charge is 0.237 e. The third-order valence-electron chi connectivity index (χ3n) is 3.10. The Labute approximate surface area is 107 Å². The van der Waals surface area contributed by atoms with E-state index in [0.29, 0.717) is 12.4 Å². The van der Waals surface area contributed by atoms with Crippen molar-refractivity contribution in [3.63, 3.8) is 0 Å². The van der Waals surface area contributed by atoms with Crippen LogP contribution in [0.15, 0.2) is 18.3 Å². The number of carbonyl (C=O) groups is 1. The molecular weight excluding hydrogens is 230 g/mol. The number of carbonyl (C=O) groups excluding carboxylic acids is 1. The van der Waals surface area contributed by atoms with E-state index in [9.17, 15) is 4.79 Å². The molecule has 1 atom stereocenters. The predicted octanol–water partition coefficient (Wildman–Crippen LogP) is 0.848. The number of hydrogen-bond acceptors (Lipinski definition) is 4. The van der Waals surface area contributed by atoms with E-state index in [1.807, 2.05) is 6.07 Å². The molecule has 5 heteroatoms. The highest BCUT2D eigenvalue weighted by Crippen LogP contribution is 2.08. The molecule has 5 nitrogen and oxygen atoms in total. The number of pyridine rings is 1. The molecule has 1 aromatic heterocycles. The van der Waals surface area contributed by atoms with Gasteiger partial charge in [0, 0.05) is 18.8 Å². The van der Waals surface area contributed by atoms with Gasteiger partial charge >= 0.3 is 0 Å². The van der Waals surface area contributed by atoms with Crippen LogP contribution in [0, 0.1) is 0 Å². The van der Waals surface area contributed by atoms with Crippen LogP contribution in [0.1, 0.15) is 24.8 Å². The third-order valence-corrected chi connectivity index (χ3v) is 3.10. The summed E-state index contributed by atoms with van der Waals surface area (Å²) < 4.78 is 4.98. The minimum atomic E-state index is -0.0371. The molecule has 0 radical (unpaired) electrons. The first-order valence-corrected chi connectivity index (χ1v) is 6.29. The van der Waals surface area contributed by atoms with Gasteiger partial charge < -0.3 is 15.4 Å². The number of nitrogens with one attached hydrogen (secondary N) is 2. The first-order chi connectivity index (χ1) is 8.79. The fraction of sp³-hybridized carbons (Fsp3) is 0.538. The molecule has 0 bridgehead atoms. The van der Waals surface area contributed by atoms with Gasteiger partial charge in [-0.05, 0) is 24.9 Å². The molecule has 0 aromatic carbocycles. The molecule has 0 spiro atoms. The van der Waals surface area contributed by atoms with E-state index in [2.05, 4.69) is 15.6 Å². The normalized spacial score (nSPS) is 19.3. The number of nitrogens with zero attached hydrogens (tertiary/aromatic N) is 1. The number of piperidine rings is 1. The van der Waals surface area contributed by atoms with Crippen LogP contribution in [-0.2, 0) is 11.3 Å². The number of aromatic nitrogens is 1. The van der Waals surface area contributed by atoms with E-state index in [1.165, 1.54) is 0 Å². The van der Waals surface area contributed by atoms with Gasteiger partial charge in [-0.1, -0.05) is 12.5 Å². The van der Waals surface area contributed by atoms with Crippen LogP contribution in [-0.4, -0.2) is 30.6 Å². The zero-order valence-corrected chi connectivity index (χ0v) is 10.6. The second-order valence-corrected chi connectivity index (χ2v) is 4.43. The molecule has 1 aliphatic rings. The molecule has 1 saturated heterocycles. The second-order valence-electron chi connectivity index (χ2n) is 4.43. The van der Waals surface area contributed by atoms with Crippen molar-refractivity contribution in [3.05, 3.63) is 23.9 Å². The van der Waals surface area contributed by atoms with E-state index >= 15 is 0 Å². The van der Waals surface area contributed by atoms with Crippen LogP contribution < -0.4 is 15.4 Å². The van der Waals surface area contributed by atoms with E-state index < -0.39 is 0 Å². The largest absolute Gasteiger partial charge is 0.481 e. The molecule has 0 saturated carbocycles. The fourth-order valence-electron chi connectivity index (χ4n) is 2.02. The molecule has 1 aliphatic heterocycles. The first-order valence-electron chi connectivity index (χ1n) is 6.29. The summed E-state index contributed by atoms with van der Waals surface area (Å²) in [4.78, 5) is 16.0. The van der Waals surface area contributed by atoms with Gasteiger partial charge in [0.1, 0.15) is 0 Å². The Morgan fingerprint density at radius 1 is 1.56 bits per heavy atom. The van der Waals surface area contributed by atoms with Crippen LogP contribution in [0.25, 0.3) is 0 Å². The number of ether oxygens (including phenoxy) is 1. The minimum absolute atomic E-state index is 0.0371. The lowest BCUT2D eigenvalue weighted by Crippen LogP contribution is -2.46. The summed E-state index contributed by atoms with van der Waals surface area (Å²) in [7, 11) is 1.58. The number of methoxy groups -OCH3 is 1. The van der Waals surface area contributed by atoms with Crippen LogP contribution >= 0.6 is 0 Å². The summed E-state index contributed by atoms with van der Waals surface area (Å²) in [5.74, 6) is 0.657. The standard InChI is InChI=1S/C13H19N3O2/c1-18-12-6-5-10(8-15-12)9-16-13(17)11-4-2-3-7-14-11/h5-6,8,11,14H,2-4,7,9H2,1H3,(H,16,17)/t11-/m0/s1. The molecule has 2 rings (SSSR count). The lowest BCUT2D eigenvalue weighted by Gasteiger charge is -2.22. The summed E-state index contributed by atoms with van der Waals surface area (Å²) in [5.41, 5.74) is 0.972. The third kappa shape index (κ3) is 3.43. The van der Waals surface area contributed by atoms with Crippen LogP contribution in [0.5, 0.6) is 5.88 Å². The van der Waals surface area contributed by atoms with Crippen molar-refractivity contribution < 1.29 is 9.53 Å². The summed E-state index contributed by atoms with van der Waals surface area (Å²) in [5, 5.41) is 6.15. The average molecular weight is 249 g/mol. The summed E-state index contributed by atoms with van der Waals surface area (Å²) in [6, 6.07) is 3.66. The van der Waals surface area contributed by atoms with Gasteiger partial charge in [0.05, 0.1) is 13.2 Å². The van der Waals surface area contributed by atoms with Crippen molar-refractivity contribution in [1.29, 1.82) is 0 Å². The lowest BCUT2D eigenvalue weighted by molar-refractivity contribution is -0.123. The highest BCUT2D eigenvalue weighted by molar-refractivity contribution is 5.81. The SMILES string of the molecule is COc1ccc(CNC(=O)[C@@H]2CCCCN2)cn1. The number of amides is 1. The molecule has 98 valence electrons. The van der Waals surface area contributed by atoms with Gasteiger partial charge in [-0.3, -0.25) is 4.79 Å². The van der Waals surface area contributed by atoms with Crippen LogP contribution in [0.4, 0.5) is 0 Å². The van der Waals surface area contributed by atoms with E-state index in [4.69, 9.17) is 4.74 Å². The van der Waals surface area contributed by atoms with Gasteiger partial charge in [0.2, 0.25) is 11.8 Å². The molecule has 18 heavy (non-hydrogen) atoms. The second kappa shape index (κ2) is 6.35. The topological polar surface area (TPSA) is 63.2 Å². The molecule has 1 amide bonds. The molecule has 2 heterocycles. The molecule has 0 unspecified atom stereocenters. The Balaban J connectivity index is 1.80. The van der Waals surface area contributed by atoms with E-state index in [0.717, 1.165) is 31.4 Å². The highest BCUT2D eigenvalue weighted by Gasteiger charge is 2.19. The zero-order valence-electron chi connectivity index (χ0n) is 10.6. The number of rotatable bonds is 4. The van der Waals surface area contributed by atoms with Crippen molar-refractivity contribution in [2.24, 2.45) is 0 Å². The van der Waals surface area contributed by atoms with Gasteiger partial charge in [-0.2, -0.15) is 0 Å². The van der Waals surface area contributed by atoms with Crippen molar-refractivity contribution in [1.82, 2.24) is 15.6 Å². The molecule has 0 aliphatic carbocycles. The molecule has 2 N–H and O–H groups in total. The van der Waals surface area contributed by atoms with E-state index in [1.54, 1.807) is 19.4 Å². The average Bonchev–Trinajstić information content (AvgIpc) is 2.46. The minimum Gasteiger partial charge on any atom is -0.481 e. The summed E-state index contributed by atoms with van der Waals surface area (Å²) in [6.07, 6.45) is 4.92. The van der Waals surface area contributed by atoms with Crippen molar-refractivity contribution >= 4 is 5.91 Å². The maximum Gasteiger partial charge on any atom is 0.237 e. The monoisotopic (exact) mass is 249 g/mol. The highest BCUT2D eigenvalue weighted by atomic mass is 16.5. The summed E-state index contributed by atoms with van der Waals surface area (Å²) >= 11 is 0. The Morgan fingerprint density at radius 2 is 2.44 bits per heavy atom. The quantitative estimate of drug-likeness (QED) is 0.830. The van der Waals surface area contributed by atoms with Crippen molar-refractivity contribution in [2.45, 2.75) is 31.8 Å². The summed E-state index contributed by atoms with van der Waals surface area (Å²) in [6.45, 7) is 1.44. The Morgan fingerprint density at radius 3 is 3.06 bits per heavy atom. The number of hydrogen-bond donors (Lipinski definition) is 2. The molecule has 1 aromatic rings. The Bertz CT molecular complexity index is 386. The first kappa shape index (κ1) is 12.8. The van der Waals surface area contributed by atoms with Gasteiger partial charge in [0.25, 0.3) is 0 Å². The van der Waals surface area contributed by atoms with Crippen LogP contribution in [0.3, 0.4) is 0 Å². The van der Waals surface area contributed by atoms with E-state index in [-0.39, 0.29) is 11.9 Å². The lowest BCUT2D eigenvalue weighted by atomic mass is 10.0. The molecule has 1 fully saturated rings. The zero-order chi connectivity index (χ0) is 12.8. The fourth-order valence-corrected chi connectivity index (χ4v) is 2.02. The van der Waals surface area contributed by atoms with Gasteiger partial charge in [-0.25, -0.2) is 4.98 Å².